The van der Waals surface area contributed by atoms with Gasteiger partial charge in [-0.25, -0.2) is 0 Å². The fraction of sp³-hybridized carbons (Fsp3) is 0.294. The first-order chi connectivity index (χ1) is 11.6. The SMILES string of the molecule is CCON=C(CCC(=O)Cc1cccnn1)c1ccc(Cl)c(Cl)c1. The van der Waals surface area contributed by atoms with Crippen molar-refractivity contribution in [2.24, 2.45) is 5.16 Å². The Labute approximate surface area is 150 Å². The van der Waals surface area contributed by atoms with Crippen LogP contribution in [0.5, 0.6) is 0 Å². The Bertz CT molecular complexity index is 721. The second-order valence-corrected chi connectivity index (χ2v) is 5.83. The van der Waals surface area contributed by atoms with Crippen LogP contribution >= 0.6 is 23.2 Å². The van der Waals surface area contributed by atoms with Crippen molar-refractivity contribution in [2.45, 2.75) is 26.2 Å². The number of hydrogen-bond donors (Lipinski definition) is 0. The van der Waals surface area contributed by atoms with Gasteiger partial charge in [-0.05, 0) is 31.2 Å². The Morgan fingerprint density at radius 2 is 2.04 bits per heavy atom. The first-order valence-electron chi connectivity index (χ1n) is 7.52. The minimum atomic E-state index is 0.0553. The van der Waals surface area contributed by atoms with E-state index < -0.39 is 0 Å². The first-order valence-corrected chi connectivity index (χ1v) is 8.28. The molecule has 1 aromatic heterocycles. The number of benzene rings is 1. The predicted octanol–water partition coefficient (Wildman–Crippen LogP) is 4.12. The molecule has 2 aromatic rings. The zero-order valence-corrected chi connectivity index (χ0v) is 14.7. The van der Waals surface area contributed by atoms with Gasteiger partial charge in [0.2, 0.25) is 0 Å². The molecule has 0 atom stereocenters. The lowest BCUT2D eigenvalue weighted by Crippen LogP contribution is -2.10. The Morgan fingerprint density at radius 1 is 1.21 bits per heavy atom. The number of nitrogens with zero attached hydrogens (tertiary/aromatic N) is 3. The average Bonchev–Trinajstić information content (AvgIpc) is 2.58. The molecule has 0 radical (unpaired) electrons. The number of rotatable bonds is 8. The summed E-state index contributed by atoms with van der Waals surface area (Å²) in [5, 5.41) is 12.7. The highest BCUT2D eigenvalue weighted by molar-refractivity contribution is 6.42. The van der Waals surface area contributed by atoms with Crippen LogP contribution in [0, 0.1) is 0 Å². The first kappa shape index (κ1) is 18.4. The zero-order valence-electron chi connectivity index (χ0n) is 13.2. The molecule has 1 heterocycles. The van der Waals surface area contributed by atoms with Crippen LogP contribution < -0.4 is 0 Å². The molecule has 0 aliphatic carbocycles. The molecule has 7 heteroatoms. The molecule has 126 valence electrons. The third kappa shape index (κ3) is 5.58. The second kappa shape index (κ2) is 9.35. The number of carbonyl (C=O) groups is 1. The van der Waals surface area contributed by atoms with Crippen LogP contribution in [0.3, 0.4) is 0 Å². The van der Waals surface area contributed by atoms with Gasteiger partial charge in [0.15, 0.2) is 0 Å². The second-order valence-electron chi connectivity index (χ2n) is 5.02. The third-order valence-corrected chi connectivity index (χ3v) is 3.94. The van der Waals surface area contributed by atoms with Crippen molar-refractivity contribution in [3.05, 3.63) is 57.8 Å². The summed E-state index contributed by atoms with van der Waals surface area (Å²) in [5.41, 5.74) is 2.09. The van der Waals surface area contributed by atoms with E-state index in [1.54, 1.807) is 36.5 Å². The summed E-state index contributed by atoms with van der Waals surface area (Å²) in [5.74, 6) is 0.0553. The molecule has 0 aliphatic rings. The van der Waals surface area contributed by atoms with Gasteiger partial charge in [-0.1, -0.05) is 34.4 Å². The lowest BCUT2D eigenvalue weighted by molar-refractivity contribution is -0.118. The summed E-state index contributed by atoms with van der Waals surface area (Å²) in [6.45, 7) is 2.29. The number of halogens is 2. The van der Waals surface area contributed by atoms with Gasteiger partial charge in [-0.3, -0.25) is 4.79 Å². The Morgan fingerprint density at radius 3 is 2.71 bits per heavy atom. The van der Waals surface area contributed by atoms with Gasteiger partial charge in [-0.2, -0.15) is 10.2 Å². The number of oxime groups is 1. The molecule has 0 saturated carbocycles. The van der Waals surface area contributed by atoms with E-state index in [1.165, 1.54) is 0 Å². The largest absolute Gasteiger partial charge is 0.396 e. The molecule has 5 nitrogen and oxygen atoms in total. The quantitative estimate of drug-likeness (QED) is 0.521. The highest BCUT2D eigenvalue weighted by atomic mass is 35.5. The maximum absolute atomic E-state index is 12.1. The van der Waals surface area contributed by atoms with E-state index in [1.807, 2.05) is 6.92 Å². The van der Waals surface area contributed by atoms with E-state index in [4.69, 9.17) is 28.0 Å². The smallest absolute Gasteiger partial charge is 0.139 e. The summed E-state index contributed by atoms with van der Waals surface area (Å²) < 4.78 is 0. The third-order valence-electron chi connectivity index (χ3n) is 3.20. The van der Waals surface area contributed by atoms with Crippen LogP contribution in [0.4, 0.5) is 0 Å². The summed E-state index contributed by atoms with van der Waals surface area (Å²) in [6, 6.07) is 8.75. The number of aromatic nitrogens is 2. The zero-order chi connectivity index (χ0) is 17.4. The molecule has 0 saturated heterocycles. The van der Waals surface area contributed by atoms with Gasteiger partial charge in [-0.15, -0.1) is 0 Å². The maximum Gasteiger partial charge on any atom is 0.139 e. The van der Waals surface area contributed by atoms with E-state index in [2.05, 4.69) is 15.4 Å². The van der Waals surface area contributed by atoms with Gasteiger partial charge in [0, 0.05) is 24.6 Å². The van der Waals surface area contributed by atoms with E-state index in [-0.39, 0.29) is 12.2 Å². The maximum atomic E-state index is 12.1. The Hall–Kier alpha value is -1.98. The van der Waals surface area contributed by atoms with Crippen LogP contribution in [0.2, 0.25) is 10.0 Å². The molecule has 0 amide bonds. The topological polar surface area (TPSA) is 64.4 Å². The molecule has 0 spiro atoms. The number of hydrogen-bond acceptors (Lipinski definition) is 5. The molecule has 0 aliphatic heterocycles. The molecular formula is C17H17Cl2N3O2. The van der Waals surface area contributed by atoms with E-state index in [9.17, 15) is 4.79 Å². The van der Waals surface area contributed by atoms with Gasteiger partial charge in [0.1, 0.15) is 12.4 Å². The van der Waals surface area contributed by atoms with Crippen molar-refractivity contribution in [3.63, 3.8) is 0 Å². The van der Waals surface area contributed by atoms with Gasteiger partial charge in [0.25, 0.3) is 0 Å². The van der Waals surface area contributed by atoms with Crippen molar-refractivity contribution in [1.82, 2.24) is 10.2 Å². The Kier molecular flexibility index (Phi) is 7.15. The molecular weight excluding hydrogens is 349 g/mol. The Balaban J connectivity index is 2.03. The summed E-state index contributed by atoms with van der Waals surface area (Å²) in [4.78, 5) is 17.3. The van der Waals surface area contributed by atoms with Crippen molar-refractivity contribution in [2.75, 3.05) is 6.61 Å². The number of carbonyl (C=O) groups excluding carboxylic acids is 1. The van der Waals surface area contributed by atoms with Crippen molar-refractivity contribution in [3.8, 4) is 0 Å². The van der Waals surface area contributed by atoms with Crippen LogP contribution in [-0.2, 0) is 16.1 Å². The molecule has 0 N–H and O–H groups in total. The number of Topliss-reactive ketones (excluding diaryl/α,β-unsaturated/α-hetero) is 1. The lowest BCUT2D eigenvalue weighted by Gasteiger charge is -2.08. The van der Waals surface area contributed by atoms with Gasteiger partial charge >= 0.3 is 0 Å². The van der Waals surface area contributed by atoms with Crippen molar-refractivity contribution in [1.29, 1.82) is 0 Å². The van der Waals surface area contributed by atoms with Gasteiger partial charge in [0.05, 0.1) is 27.9 Å². The van der Waals surface area contributed by atoms with Crippen molar-refractivity contribution < 1.29 is 9.63 Å². The summed E-state index contributed by atoms with van der Waals surface area (Å²) in [6.07, 6.45) is 2.59. The minimum absolute atomic E-state index is 0.0553. The summed E-state index contributed by atoms with van der Waals surface area (Å²) in [7, 11) is 0. The molecule has 0 fully saturated rings. The predicted molar refractivity (Wildman–Crippen MR) is 94.6 cm³/mol. The van der Waals surface area contributed by atoms with E-state index in [0.717, 1.165) is 5.56 Å². The fourth-order valence-electron chi connectivity index (χ4n) is 2.04. The standard InChI is InChI=1S/C17H17Cl2N3O2/c1-2-24-22-17(12-5-7-15(18)16(19)10-12)8-6-14(23)11-13-4-3-9-20-21-13/h3-5,7,9-10H,2,6,8,11H2,1H3. The molecule has 0 unspecified atom stereocenters. The van der Waals surface area contributed by atoms with E-state index in [0.29, 0.717) is 40.9 Å². The molecule has 0 bridgehead atoms. The highest BCUT2D eigenvalue weighted by Gasteiger charge is 2.12. The average molecular weight is 366 g/mol. The lowest BCUT2D eigenvalue weighted by atomic mass is 10.0. The number of ketones is 1. The monoisotopic (exact) mass is 365 g/mol. The van der Waals surface area contributed by atoms with E-state index >= 15 is 0 Å². The highest BCUT2D eigenvalue weighted by Crippen LogP contribution is 2.23. The van der Waals surface area contributed by atoms with Crippen LogP contribution in [0.25, 0.3) is 0 Å². The normalized spacial score (nSPS) is 11.4. The van der Waals surface area contributed by atoms with Gasteiger partial charge < -0.3 is 4.84 Å². The molecule has 1 aromatic carbocycles. The molecule has 24 heavy (non-hydrogen) atoms. The molecule has 2 rings (SSSR count). The van der Waals surface area contributed by atoms with Crippen LogP contribution in [0.15, 0.2) is 41.7 Å². The summed E-state index contributed by atoms with van der Waals surface area (Å²) >= 11 is 12.0. The fourth-order valence-corrected chi connectivity index (χ4v) is 2.33. The minimum Gasteiger partial charge on any atom is -0.396 e. The van der Waals surface area contributed by atoms with Crippen LogP contribution in [0.1, 0.15) is 31.0 Å². The van der Waals surface area contributed by atoms with Crippen LogP contribution in [-0.4, -0.2) is 28.3 Å². The van der Waals surface area contributed by atoms with Crippen molar-refractivity contribution >= 4 is 34.7 Å².